The number of halogens is 1. The van der Waals surface area contributed by atoms with Gasteiger partial charge in [-0.25, -0.2) is 0 Å². The van der Waals surface area contributed by atoms with Gasteiger partial charge in [-0.3, -0.25) is 9.59 Å². The molecule has 0 saturated heterocycles. The number of hydrogen-bond donors (Lipinski definition) is 1. The summed E-state index contributed by atoms with van der Waals surface area (Å²) in [5.41, 5.74) is 1.69. The molecule has 2 amide bonds. The number of nitrogens with zero attached hydrogens (tertiary/aromatic N) is 5. The Morgan fingerprint density at radius 1 is 1.05 bits per heavy atom. The SMILES string of the molecule is O=C(NCc1ccccc1)C(c1ccc(Cl)cc1)N(C(=O)Cn1nnc(-c2cccs2)n1)C1CCCC1. The molecule has 1 aliphatic rings. The molecule has 5 rings (SSSR count). The van der Waals surface area contributed by atoms with Gasteiger partial charge in [0.15, 0.2) is 0 Å². The number of carbonyl (C=O) groups is 2. The maximum Gasteiger partial charge on any atom is 0.247 e. The summed E-state index contributed by atoms with van der Waals surface area (Å²) in [5.74, 6) is 0.0131. The second-order valence-electron chi connectivity index (χ2n) is 9.02. The molecule has 1 aliphatic carbocycles. The maximum atomic E-state index is 13.8. The van der Waals surface area contributed by atoms with Gasteiger partial charge in [-0.05, 0) is 52.8 Å². The van der Waals surface area contributed by atoms with Crippen molar-refractivity contribution in [1.82, 2.24) is 30.4 Å². The lowest BCUT2D eigenvalue weighted by atomic mass is 10.0. The lowest BCUT2D eigenvalue weighted by Crippen LogP contribution is -2.49. The summed E-state index contributed by atoms with van der Waals surface area (Å²) in [6, 6.07) is 19.8. The van der Waals surface area contributed by atoms with Crippen LogP contribution in [-0.2, 0) is 22.7 Å². The Kier molecular flexibility index (Phi) is 7.91. The van der Waals surface area contributed by atoms with E-state index < -0.39 is 6.04 Å². The fourth-order valence-electron chi connectivity index (χ4n) is 4.72. The minimum absolute atomic E-state index is 0.0593. The van der Waals surface area contributed by atoms with Crippen molar-refractivity contribution in [3.63, 3.8) is 0 Å². The molecule has 1 unspecified atom stereocenters. The highest BCUT2D eigenvalue weighted by Gasteiger charge is 2.37. The number of rotatable bonds is 9. The molecule has 0 aliphatic heterocycles. The highest BCUT2D eigenvalue weighted by atomic mass is 35.5. The topological polar surface area (TPSA) is 93.0 Å². The molecule has 0 spiro atoms. The first kappa shape index (κ1) is 25.1. The molecule has 1 fully saturated rings. The van der Waals surface area contributed by atoms with Gasteiger partial charge in [0.25, 0.3) is 0 Å². The number of tetrazole rings is 1. The van der Waals surface area contributed by atoms with Gasteiger partial charge in [0.05, 0.1) is 4.88 Å². The minimum Gasteiger partial charge on any atom is -0.350 e. The number of thiophene rings is 1. The van der Waals surface area contributed by atoms with Crippen LogP contribution in [0, 0.1) is 0 Å². The molecule has 1 saturated carbocycles. The normalized spacial score (nSPS) is 14.4. The van der Waals surface area contributed by atoms with Crippen molar-refractivity contribution in [2.45, 2.75) is 50.9 Å². The molecule has 37 heavy (non-hydrogen) atoms. The van der Waals surface area contributed by atoms with Gasteiger partial charge in [0.2, 0.25) is 17.6 Å². The third-order valence-corrected chi connectivity index (χ3v) is 7.62. The Bertz CT molecular complexity index is 1320. The number of hydrogen-bond acceptors (Lipinski definition) is 6. The van der Waals surface area contributed by atoms with Crippen LogP contribution in [0.1, 0.15) is 42.9 Å². The van der Waals surface area contributed by atoms with Crippen LogP contribution in [0.2, 0.25) is 5.02 Å². The van der Waals surface area contributed by atoms with Crippen LogP contribution in [0.15, 0.2) is 72.1 Å². The van der Waals surface area contributed by atoms with Crippen LogP contribution in [-0.4, -0.2) is 43.0 Å². The van der Waals surface area contributed by atoms with Crippen molar-refractivity contribution in [2.75, 3.05) is 0 Å². The molecule has 4 aromatic rings. The first-order chi connectivity index (χ1) is 18.1. The van der Waals surface area contributed by atoms with E-state index in [1.807, 2.05) is 60.0 Å². The van der Waals surface area contributed by atoms with E-state index in [9.17, 15) is 9.59 Å². The molecule has 190 valence electrons. The van der Waals surface area contributed by atoms with Crippen molar-refractivity contribution < 1.29 is 9.59 Å². The van der Waals surface area contributed by atoms with Crippen LogP contribution in [0.25, 0.3) is 10.7 Å². The highest BCUT2D eigenvalue weighted by Crippen LogP contribution is 2.33. The van der Waals surface area contributed by atoms with Crippen molar-refractivity contribution in [3.05, 3.63) is 88.3 Å². The fraction of sp³-hybridized carbons (Fsp3) is 0.296. The van der Waals surface area contributed by atoms with Crippen LogP contribution in [0.3, 0.4) is 0 Å². The second-order valence-corrected chi connectivity index (χ2v) is 10.4. The van der Waals surface area contributed by atoms with Gasteiger partial charge in [0, 0.05) is 17.6 Å². The maximum absolute atomic E-state index is 13.8. The molecule has 1 atom stereocenters. The Hall–Kier alpha value is -3.56. The quantitative estimate of drug-likeness (QED) is 0.330. The monoisotopic (exact) mass is 534 g/mol. The van der Waals surface area contributed by atoms with Gasteiger partial charge in [-0.1, -0.05) is 73.0 Å². The summed E-state index contributed by atoms with van der Waals surface area (Å²) in [7, 11) is 0. The third kappa shape index (κ3) is 6.06. The number of benzene rings is 2. The molecule has 10 heteroatoms. The summed E-state index contributed by atoms with van der Waals surface area (Å²) < 4.78 is 0. The van der Waals surface area contributed by atoms with Gasteiger partial charge >= 0.3 is 0 Å². The molecular formula is C27H27ClN6O2S. The predicted octanol–water partition coefficient (Wildman–Crippen LogP) is 4.88. The van der Waals surface area contributed by atoms with E-state index in [-0.39, 0.29) is 24.4 Å². The average molecular weight is 535 g/mol. The predicted molar refractivity (Wildman–Crippen MR) is 143 cm³/mol. The molecule has 2 heterocycles. The summed E-state index contributed by atoms with van der Waals surface area (Å²) in [6.45, 7) is 0.260. The number of carbonyl (C=O) groups excluding carboxylic acids is 2. The molecular weight excluding hydrogens is 508 g/mol. The summed E-state index contributed by atoms with van der Waals surface area (Å²) in [5, 5.41) is 18.2. The summed E-state index contributed by atoms with van der Waals surface area (Å²) in [6.07, 6.45) is 3.70. The van der Waals surface area contributed by atoms with Gasteiger partial charge in [0.1, 0.15) is 12.6 Å². The number of nitrogens with one attached hydrogen (secondary N) is 1. The highest BCUT2D eigenvalue weighted by molar-refractivity contribution is 7.13. The lowest BCUT2D eigenvalue weighted by Gasteiger charge is -2.36. The third-order valence-electron chi connectivity index (χ3n) is 6.50. The van der Waals surface area contributed by atoms with Crippen LogP contribution in [0.5, 0.6) is 0 Å². The minimum atomic E-state index is -0.808. The largest absolute Gasteiger partial charge is 0.350 e. The first-order valence-electron chi connectivity index (χ1n) is 12.3. The molecule has 2 aromatic carbocycles. The summed E-state index contributed by atoms with van der Waals surface area (Å²) >= 11 is 7.66. The van der Waals surface area contributed by atoms with E-state index in [0.717, 1.165) is 36.1 Å². The van der Waals surface area contributed by atoms with Gasteiger partial charge in [-0.2, -0.15) is 4.80 Å². The van der Waals surface area contributed by atoms with Crippen molar-refractivity contribution >= 4 is 34.8 Å². The Labute approximate surface area is 224 Å². The van der Waals surface area contributed by atoms with Crippen molar-refractivity contribution in [2.24, 2.45) is 0 Å². The molecule has 0 radical (unpaired) electrons. The van der Waals surface area contributed by atoms with E-state index in [4.69, 9.17) is 11.6 Å². The number of amides is 2. The van der Waals surface area contributed by atoms with Crippen molar-refractivity contribution in [1.29, 1.82) is 0 Å². The van der Waals surface area contributed by atoms with E-state index in [1.165, 1.54) is 16.1 Å². The Balaban J connectivity index is 1.43. The second kappa shape index (κ2) is 11.7. The standard InChI is InChI=1S/C27H27ClN6O2S/c28-21-14-12-20(13-15-21)25(27(36)29-17-19-7-2-1-3-8-19)34(22-9-4-5-10-22)24(35)18-33-31-26(30-32-33)23-11-6-16-37-23/h1-3,6-8,11-16,22,25H,4-5,9-10,17-18H2,(H,29,36). The van der Waals surface area contributed by atoms with Crippen LogP contribution in [0.4, 0.5) is 0 Å². The Morgan fingerprint density at radius 3 is 2.51 bits per heavy atom. The summed E-state index contributed by atoms with van der Waals surface area (Å²) in [4.78, 5) is 31.5. The number of aromatic nitrogens is 4. The molecule has 1 N–H and O–H groups in total. The van der Waals surface area contributed by atoms with E-state index in [1.54, 1.807) is 17.0 Å². The van der Waals surface area contributed by atoms with Crippen molar-refractivity contribution in [3.8, 4) is 10.7 Å². The first-order valence-corrected chi connectivity index (χ1v) is 13.5. The molecule has 8 nitrogen and oxygen atoms in total. The zero-order valence-corrected chi connectivity index (χ0v) is 21.7. The van der Waals surface area contributed by atoms with E-state index in [2.05, 4.69) is 20.7 Å². The Morgan fingerprint density at radius 2 is 1.81 bits per heavy atom. The van der Waals surface area contributed by atoms with Crippen LogP contribution >= 0.6 is 22.9 Å². The average Bonchev–Trinajstić information content (AvgIpc) is 3.70. The smallest absolute Gasteiger partial charge is 0.247 e. The zero-order valence-electron chi connectivity index (χ0n) is 20.2. The van der Waals surface area contributed by atoms with Crippen LogP contribution < -0.4 is 5.32 Å². The molecule has 0 bridgehead atoms. The van der Waals surface area contributed by atoms with E-state index in [0.29, 0.717) is 23.0 Å². The van der Waals surface area contributed by atoms with Gasteiger partial charge in [-0.15, -0.1) is 21.5 Å². The van der Waals surface area contributed by atoms with Gasteiger partial charge < -0.3 is 10.2 Å². The van der Waals surface area contributed by atoms with E-state index >= 15 is 0 Å². The fourth-order valence-corrected chi connectivity index (χ4v) is 5.50. The molecule has 2 aromatic heterocycles. The lowest BCUT2D eigenvalue weighted by molar-refractivity contribution is -0.144. The zero-order chi connectivity index (χ0) is 25.6.